The Labute approximate surface area is 193 Å². The summed E-state index contributed by atoms with van der Waals surface area (Å²) in [5, 5.41) is 11.7. The van der Waals surface area contributed by atoms with Gasteiger partial charge in [-0.3, -0.25) is 9.59 Å². The van der Waals surface area contributed by atoms with Gasteiger partial charge in [0.1, 0.15) is 13.2 Å². The second-order valence-corrected chi connectivity index (χ2v) is 8.35. The van der Waals surface area contributed by atoms with E-state index in [0.717, 1.165) is 27.2 Å². The molecule has 0 fully saturated rings. The maximum Gasteiger partial charge on any atom is 0.407 e. The molecule has 1 aliphatic rings. The van der Waals surface area contributed by atoms with Gasteiger partial charge in [-0.05, 0) is 28.2 Å². The molecule has 2 amide bonds. The zero-order valence-corrected chi connectivity index (χ0v) is 18.8. The van der Waals surface area contributed by atoms with E-state index >= 15 is 0 Å². The lowest BCUT2D eigenvalue weighted by Crippen LogP contribution is -2.45. The molecule has 0 aliphatic heterocycles. The Morgan fingerprint density at radius 3 is 2.18 bits per heavy atom. The molecule has 0 saturated carbocycles. The summed E-state index contributed by atoms with van der Waals surface area (Å²) in [4.78, 5) is 37.5. The summed E-state index contributed by atoms with van der Waals surface area (Å²) in [7, 11) is 0. The van der Waals surface area contributed by atoms with Crippen molar-refractivity contribution in [1.82, 2.24) is 10.2 Å². The third-order valence-corrected chi connectivity index (χ3v) is 5.85. The first kappa shape index (κ1) is 23.9. The van der Waals surface area contributed by atoms with E-state index in [-0.39, 0.29) is 31.5 Å². The normalized spacial score (nSPS) is 12.9. The van der Waals surface area contributed by atoms with E-state index in [9.17, 15) is 14.4 Å². The van der Waals surface area contributed by atoms with Gasteiger partial charge in [-0.1, -0.05) is 68.3 Å². The number of terminal acetylenes is 1. The average molecular weight is 449 g/mol. The SMILES string of the molecule is C#CCN(CC(=O)O)C(=O)C(CNC(=O)OCC1c2ccccc2-c2ccccc21)C(C)C. The van der Waals surface area contributed by atoms with E-state index in [1.165, 1.54) is 0 Å². The van der Waals surface area contributed by atoms with Gasteiger partial charge in [-0.2, -0.15) is 0 Å². The van der Waals surface area contributed by atoms with Crippen molar-refractivity contribution in [3.63, 3.8) is 0 Å². The molecule has 0 radical (unpaired) electrons. The fourth-order valence-corrected chi connectivity index (χ4v) is 4.17. The number of hydrogen-bond donors (Lipinski definition) is 2. The number of carbonyl (C=O) groups is 3. The van der Waals surface area contributed by atoms with Gasteiger partial charge < -0.3 is 20.1 Å². The Morgan fingerprint density at radius 2 is 1.67 bits per heavy atom. The van der Waals surface area contributed by atoms with Crippen LogP contribution >= 0.6 is 0 Å². The van der Waals surface area contributed by atoms with Gasteiger partial charge in [-0.15, -0.1) is 6.42 Å². The molecule has 2 N–H and O–H groups in total. The highest BCUT2D eigenvalue weighted by atomic mass is 16.5. The summed E-state index contributed by atoms with van der Waals surface area (Å²) in [6, 6.07) is 16.1. The Hall–Kier alpha value is -3.79. The summed E-state index contributed by atoms with van der Waals surface area (Å²) in [6.45, 7) is 3.25. The Morgan fingerprint density at radius 1 is 1.09 bits per heavy atom. The molecular weight excluding hydrogens is 420 g/mol. The molecule has 1 unspecified atom stereocenters. The summed E-state index contributed by atoms with van der Waals surface area (Å²) < 4.78 is 5.52. The highest BCUT2D eigenvalue weighted by Crippen LogP contribution is 2.44. The van der Waals surface area contributed by atoms with Crippen LogP contribution < -0.4 is 5.32 Å². The van der Waals surface area contributed by atoms with Gasteiger partial charge in [0.15, 0.2) is 0 Å². The first-order valence-electron chi connectivity index (χ1n) is 10.9. The van der Waals surface area contributed by atoms with Gasteiger partial charge >= 0.3 is 12.1 Å². The molecule has 2 aromatic rings. The number of carbonyl (C=O) groups excluding carboxylic acids is 2. The molecule has 0 heterocycles. The zero-order valence-electron chi connectivity index (χ0n) is 18.8. The highest BCUT2D eigenvalue weighted by Gasteiger charge is 2.30. The number of rotatable bonds is 9. The van der Waals surface area contributed by atoms with E-state index in [4.69, 9.17) is 16.3 Å². The van der Waals surface area contributed by atoms with E-state index in [0.29, 0.717) is 0 Å². The molecule has 7 nitrogen and oxygen atoms in total. The van der Waals surface area contributed by atoms with Crippen LogP contribution in [0.4, 0.5) is 4.79 Å². The standard InChI is InChI=1S/C26H28N2O5/c1-4-13-28(15-24(29)30)25(31)22(17(2)3)14-27-26(32)33-16-23-20-11-7-5-9-18(20)19-10-6-8-12-21(19)23/h1,5-12,17,22-23H,13-16H2,2-3H3,(H,27,32)(H,29,30). The lowest BCUT2D eigenvalue weighted by Gasteiger charge is -2.27. The number of carboxylic acid groups (broad SMARTS) is 1. The number of nitrogens with one attached hydrogen (secondary N) is 1. The molecule has 33 heavy (non-hydrogen) atoms. The number of alkyl carbamates (subject to hydrolysis) is 1. The molecule has 0 spiro atoms. The maximum absolute atomic E-state index is 12.8. The Kier molecular flexibility index (Phi) is 7.73. The number of amides is 2. The van der Waals surface area contributed by atoms with Gasteiger partial charge in [0.2, 0.25) is 5.91 Å². The smallest absolute Gasteiger partial charge is 0.407 e. The van der Waals surface area contributed by atoms with E-state index in [1.54, 1.807) is 0 Å². The minimum absolute atomic E-state index is 0.0217. The quantitative estimate of drug-likeness (QED) is 0.574. The second-order valence-electron chi connectivity index (χ2n) is 8.35. The van der Waals surface area contributed by atoms with Crippen molar-refractivity contribution in [2.75, 3.05) is 26.2 Å². The van der Waals surface area contributed by atoms with Gasteiger partial charge in [0.25, 0.3) is 0 Å². The number of carboxylic acids is 1. The topological polar surface area (TPSA) is 95.9 Å². The van der Waals surface area contributed by atoms with E-state index < -0.39 is 30.4 Å². The Balaban J connectivity index is 1.62. The van der Waals surface area contributed by atoms with Crippen LogP contribution in [-0.4, -0.2) is 54.2 Å². The molecule has 1 atom stereocenters. The predicted molar refractivity (Wildman–Crippen MR) is 124 cm³/mol. The van der Waals surface area contributed by atoms with Crippen molar-refractivity contribution in [3.8, 4) is 23.5 Å². The first-order chi connectivity index (χ1) is 15.8. The number of ether oxygens (including phenoxy) is 1. The third-order valence-electron chi connectivity index (χ3n) is 5.85. The van der Waals surface area contributed by atoms with Crippen LogP contribution in [0.15, 0.2) is 48.5 Å². The second kappa shape index (κ2) is 10.7. The molecule has 0 saturated heterocycles. The number of fused-ring (bicyclic) bond motifs is 3. The van der Waals surface area contributed by atoms with E-state index in [1.807, 2.05) is 50.2 Å². The van der Waals surface area contributed by atoms with Crippen molar-refractivity contribution in [1.29, 1.82) is 0 Å². The molecule has 2 aromatic carbocycles. The largest absolute Gasteiger partial charge is 0.480 e. The van der Waals surface area contributed by atoms with Crippen LogP contribution in [0.2, 0.25) is 0 Å². The van der Waals surface area contributed by atoms with Crippen molar-refractivity contribution in [2.24, 2.45) is 11.8 Å². The van der Waals surface area contributed by atoms with Crippen molar-refractivity contribution in [2.45, 2.75) is 19.8 Å². The van der Waals surface area contributed by atoms with Gasteiger partial charge in [-0.25, -0.2) is 4.79 Å². The molecule has 1 aliphatic carbocycles. The molecule has 3 rings (SSSR count). The summed E-state index contributed by atoms with van der Waals surface area (Å²) in [5.41, 5.74) is 4.50. The molecule has 0 bridgehead atoms. The number of hydrogen-bond acceptors (Lipinski definition) is 4. The predicted octanol–water partition coefficient (Wildman–Crippen LogP) is 3.34. The molecular formula is C26H28N2O5. The fourth-order valence-electron chi connectivity index (χ4n) is 4.17. The van der Waals surface area contributed by atoms with Gasteiger partial charge in [0, 0.05) is 12.5 Å². The van der Waals surface area contributed by atoms with E-state index in [2.05, 4.69) is 23.4 Å². The number of aliphatic carboxylic acids is 1. The molecule has 7 heteroatoms. The lowest BCUT2D eigenvalue weighted by atomic mass is 9.94. The summed E-state index contributed by atoms with van der Waals surface area (Å²) in [6.07, 6.45) is 4.65. The van der Waals surface area contributed by atoms with Crippen LogP contribution in [0.1, 0.15) is 30.9 Å². The Bertz CT molecular complexity index is 1030. The third kappa shape index (κ3) is 5.53. The number of nitrogens with zero attached hydrogens (tertiary/aromatic N) is 1. The van der Waals surface area contributed by atoms with Crippen LogP contribution in [0.5, 0.6) is 0 Å². The minimum Gasteiger partial charge on any atom is -0.480 e. The van der Waals surface area contributed by atoms with Gasteiger partial charge in [0.05, 0.1) is 12.5 Å². The monoisotopic (exact) mass is 448 g/mol. The van der Waals surface area contributed by atoms with Crippen LogP contribution in [-0.2, 0) is 14.3 Å². The first-order valence-corrected chi connectivity index (χ1v) is 10.9. The lowest BCUT2D eigenvalue weighted by molar-refractivity contribution is -0.146. The van der Waals surface area contributed by atoms with Crippen LogP contribution in [0, 0.1) is 24.2 Å². The van der Waals surface area contributed by atoms with Crippen LogP contribution in [0.3, 0.4) is 0 Å². The zero-order chi connectivity index (χ0) is 24.0. The van der Waals surface area contributed by atoms with Crippen molar-refractivity contribution >= 4 is 18.0 Å². The van der Waals surface area contributed by atoms with Crippen molar-refractivity contribution < 1.29 is 24.2 Å². The highest BCUT2D eigenvalue weighted by molar-refractivity contribution is 5.84. The molecule has 172 valence electrons. The maximum atomic E-state index is 12.8. The fraction of sp³-hybridized carbons (Fsp3) is 0.346. The van der Waals surface area contributed by atoms with Crippen LogP contribution in [0.25, 0.3) is 11.1 Å². The minimum atomic E-state index is -1.15. The molecule has 0 aromatic heterocycles. The van der Waals surface area contributed by atoms with Crippen molar-refractivity contribution in [3.05, 3.63) is 59.7 Å². The summed E-state index contributed by atoms with van der Waals surface area (Å²) >= 11 is 0. The summed E-state index contributed by atoms with van der Waals surface area (Å²) in [5.74, 6) is -0.0778. The number of benzene rings is 2. The average Bonchev–Trinajstić information content (AvgIpc) is 3.10.